The summed E-state index contributed by atoms with van der Waals surface area (Å²) in [7, 11) is 0. The molecule has 0 amide bonds. The van der Waals surface area contributed by atoms with E-state index in [2.05, 4.69) is 49.5 Å². The Morgan fingerprint density at radius 2 is 1.35 bits per heavy atom. The summed E-state index contributed by atoms with van der Waals surface area (Å²) in [5.74, 6) is 0. The highest BCUT2D eigenvalue weighted by Crippen LogP contribution is 2.34. The quantitative estimate of drug-likeness (QED) is 0.446. The molecule has 3 aromatic rings. The molecule has 0 atom stereocenters. The van der Waals surface area contributed by atoms with Crippen LogP contribution in [-0.4, -0.2) is 0 Å². The highest BCUT2D eigenvalue weighted by molar-refractivity contribution is 5.87. The smallest absolute Gasteiger partial charge is 0.0743 e. The first-order valence-corrected chi connectivity index (χ1v) is 7.71. The maximum Gasteiger partial charge on any atom is 0.0743 e. The summed E-state index contributed by atoms with van der Waals surface area (Å²) in [4.78, 5) is 11.6. The first-order valence-electron chi connectivity index (χ1n) is 7.71. The number of anilines is 2. The molecule has 0 aromatic heterocycles. The van der Waals surface area contributed by atoms with Crippen LogP contribution in [0.2, 0.25) is 0 Å². The molecular weight excluding hydrogens is 284 g/mol. The number of benzene rings is 3. The second-order valence-electron chi connectivity index (χ2n) is 6.18. The van der Waals surface area contributed by atoms with Gasteiger partial charge < -0.3 is 0 Å². The topological polar surface area (TPSA) is 32.7 Å². The predicted molar refractivity (Wildman–Crippen MR) is 97.3 cm³/mol. The molecule has 3 aromatic carbocycles. The number of aryl methyl sites for hydroxylation is 4. The molecule has 0 aliphatic heterocycles. The zero-order chi connectivity index (χ0) is 16.6. The molecule has 116 valence electrons. The zero-order valence-electron chi connectivity index (χ0n) is 13.9. The second-order valence-corrected chi connectivity index (χ2v) is 6.18. The largest absolute Gasteiger partial charge is 0.197 e. The molecular formula is C20H20N2O. The maximum atomic E-state index is 11.6. The average molecular weight is 304 g/mol. The van der Waals surface area contributed by atoms with Crippen LogP contribution < -0.4 is 5.01 Å². The van der Waals surface area contributed by atoms with Crippen molar-refractivity contribution >= 4 is 22.1 Å². The predicted octanol–water partition coefficient (Wildman–Crippen LogP) is 5.89. The van der Waals surface area contributed by atoms with E-state index in [0.29, 0.717) is 0 Å². The molecule has 0 aliphatic carbocycles. The lowest BCUT2D eigenvalue weighted by atomic mass is 10.0. The Balaban J connectivity index is 2.15. The lowest BCUT2D eigenvalue weighted by Crippen LogP contribution is -2.11. The lowest BCUT2D eigenvalue weighted by molar-refractivity contribution is 1.04. The van der Waals surface area contributed by atoms with Crippen LogP contribution in [0.15, 0.2) is 53.8 Å². The summed E-state index contributed by atoms with van der Waals surface area (Å²) >= 11 is 0. The second kappa shape index (κ2) is 5.84. The Hall–Kier alpha value is -2.68. The Morgan fingerprint density at radius 3 is 2.00 bits per heavy atom. The fourth-order valence-electron chi connectivity index (χ4n) is 3.21. The summed E-state index contributed by atoms with van der Waals surface area (Å²) in [6, 6.07) is 16.4. The summed E-state index contributed by atoms with van der Waals surface area (Å²) in [5.41, 5.74) is 6.14. The van der Waals surface area contributed by atoms with Crippen LogP contribution in [0.25, 0.3) is 10.8 Å². The minimum absolute atomic E-state index is 0.784. The number of nitroso groups, excluding NO2 is 1. The number of rotatable bonds is 3. The first-order chi connectivity index (χ1) is 11.0. The van der Waals surface area contributed by atoms with Crippen LogP contribution in [0.4, 0.5) is 11.4 Å². The van der Waals surface area contributed by atoms with E-state index < -0.39 is 0 Å². The van der Waals surface area contributed by atoms with Gasteiger partial charge in [0.1, 0.15) is 0 Å². The van der Waals surface area contributed by atoms with E-state index in [1.807, 2.05) is 32.0 Å². The molecule has 0 heterocycles. The van der Waals surface area contributed by atoms with Gasteiger partial charge in [-0.1, -0.05) is 47.5 Å². The molecule has 0 aliphatic rings. The minimum atomic E-state index is 0.784. The normalized spacial score (nSPS) is 10.8. The van der Waals surface area contributed by atoms with Gasteiger partial charge in [-0.2, -0.15) is 5.01 Å². The zero-order valence-corrected chi connectivity index (χ0v) is 13.9. The van der Waals surface area contributed by atoms with E-state index in [4.69, 9.17) is 0 Å². The fraction of sp³-hybridized carbons (Fsp3) is 0.200. The maximum absolute atomic E-state index is 11.6. The van der Waals surface area contributed by atoms with Gasteiger partial charge in [0, 0.05) is 0 Å². The van der Waals surface area contributed by atoms with E-state index >= 15 is 0 Å². The average Bonchev–Trinajstić information content (AvgIpc) is 2.50. The molecule has 0 bridgehead atoms. The van der Waals surface area contributed by atoms with Gasteiger partial charge in [-0.15, -0.1) is 4.91 Å². The molecule has 0 saturated carbocycles. The molecule has 3 rings (SSSR count). The number of hydrogen-bond donors (Lipinski definition) is 0. The standard InChI is InChI=1S/C20H20N2O/c1-13-5-6-18-12-19(8-7-17(18)11-13)22(21-23)20-15(3)9-14(2)10-16(20)4/h5-12H,1-4H3. The first kappa shape index (κ1) is 15.2. The molecule has 23 heavy (non-hydrogen) atoms. The molecule has 0 N–H and O–H groups in total. The van der Waals surface area contributed by atoms with Crippen LogP contribution >= 0.6 is 0 Å². The van der Waals surface area contributed by atoms with Gasteiger partial charge in [-0.25, -0.2) is 0 Å². The Kier molecular flexibility index (Phi) is 3.87. The molecule has 3 nitrogen and oxygen atoms in total. The molecule has 0 fully saturated rings. The molecule has 3 heteroatoms. The fourth-order valence-corrected chi connectivity index (χ4v) is 3.21. The van der Waals surface area contributed by atoms with Crippen LogP contribution in [-0.2, 0) is 0 Å². The summed E-state index contributed by atoms with van der Waals surface area (Å²) in [5, 5.41) is 7.04. The van der Waals surface area contributed by atoms with Gasteiger partial charge in [0.05, 0.1) is 16.7 Å². The van der Waals surface area contributed by atoms with Gasteiger partial charge in [0.15, 0.2) is 0 Å². The minimum Gasteiger partial charge on any atom is -0.197 e. The highest BCUT2D eigenvalue weighted by atomic mass is 16.3. The van der Waals surface area contributed by atoms with Crippen molar-refractivity contribution in [1.82, 2.24) is 0 Å². The van der Waals surface area contributed by atoms with Gasteiger partial charge in [-0.05, 0) is 61.7 Å². The third kappa shape index (κ3) is 2.82. The van der Waals surface area contributed by atoms with Crippen molar-refractivity contribution in [3.05, 3.63) is 75.7 Å². The monoisotopic (exact) mass is 304 g/mol. The van der Waals surface area contributed by atoms with E-state index in [-0.39, 0.29) is 0 Å². The van der Waals surface area contributed by atoms with Crippen molar-refractivity contribution in [2.24, 2.45) is 5.29 Å². The van der Waals surface area contributed by atoms with Gasteiger partial charge in [-0.3, -0.25) is 0 Å². The summed E-state index contributed by atoms with van der Waals surface area (Å²) < 4.78 is 0. The van der Waals surface area contributed by atoms with Crippen molar-refractivity contribution in [2.75, 3.05) is 5.01 Å². The molecule has 0 radical (unpaired) electrons. The van der Waals surface area contributed by atoms with Gasteiger partial charge in [0.2, 0.25) is 0 Å². The number of hydrogen-bond acceptors (Lipinski definition) is 2. The van der Waals surface area contributed by atoms with Crippen molar-refractivity contribution < 1.29 is 0 Å². The Labute approximate surface area is 136 Å². The summed E-state index contributed by atoms with van der Waals surface area (Å²) in [6.07, 6.45) is 0. The van der Waals surface area contributed by atoms with Crippen molar-refractivity contribution in [2.45, 2.75) is 27.7 Å². The third-order valence-electron chi connectivity index (χ3n) is 4.15. The van der Waals surface area contributed by atoms with E-state index in [1.54, 1.807) is 0 Å². The van der Waals surface area contributed by atoms with Crippen LogP contribution in [0, 0.1) is 32.6 Å². The van der Waals surface area contributed by atoms with Gasteiger partial charge >= 0.3 is 0 Å². The van der Waals surface area contributed by atoms with Crippen LogP contribution in [0.3, 0.4) is 0 Å². The van der Waals surface area contributed by atoms with Crippen molar-refractivity contribution in [3.8, 4) is 0 Å². The van der Waals surface area contributed by atoms with E-state index in [9.17, 15) is 4.91 Å². The van der Waals surface area contributed by atoms with Crippen LogP contribution in [0.1, 0.15) is 22.3 Å². The number of nitrogens with zero attached hydrogens (tertiary/aromatic N) is 2. The lowest BCUT2D eigenvalue weighted by Gasteiger charge is -2.21. The van der Waals surface area contributed by atoms with Crippen molar-refractivity contribution in [1.29, 1.82) is 0 Å². The Morgan fingerprint density at radius 1 is 0.739 bits per heavy atom. The molecule has 0 saturated heterocycles. The van der Waals surface area contributed by atoms with E-state index in [1.165, 1.54) is 16.1 Å². The van der Waals surface area contributed by atoms with E-state index in [0.717, 1.165) is 33.3 Å². The van der Waals surface area contributed by atoms with Crippen LogP contribution in [0.5, 0.6) is 0 Å². The number of fused-ring (bicyclic) bond motifs is 1. The Bertz CT molecular complexity index is 876. The van der Waals surface area contributed by atoms with Crippen molar-refractivity contribution in [3.63, 3.8) is 0 Å². The third-order valence-corrected chi connectivity index (χ3v) is 4.15. The molecule has 0 unspecified atom stereocenters. The molecule has 0 spiro atoms. The summed E-state index contributed by atoms with van der Waals surface area (Å²) in [6.45, 7) is 8.16. The highest BCUT2D eigenvalue weighted by Gasteiger charge is 2.16. The SMILES string of the molecule is Cc1cc(C)c(N(N=O)c2ccc3cc(C)ccc3c2)c(C)c1. The van der Waals surface area contributed by atoms with Gasteiger partial charge in [0.25, 0.3) is 0 Å².